The third kappa shape index (κ3) is 14.1. The topological polar surface area (TPSA) is 20.2 Å². The third-order valence-corrected chi connectivity index (χ3v) is 3.99. The van der Waals surface area contributed by atoms with Crippen molar-refractivity contribution in [3.8, 4) is 0 Å². The number of unbranched alkanes of at least 4 members (excludes halogenated alkanes) is 11. The lowest BCUT2D eigenvalue weighted by Crippen LogP contribution is -2.10. The third-order valence-electron chi connectivity index (χ3n) is 3.99. The molecule has 1 heteroatoms. The molecule has 0 aromatic carbocycles. The molecule has 0 bridgehead atoms. The maximum atomic E-state index is 9.62. The van der Waals surface area contributed by atoms with Crippen LogP contribution in [-0.4, -0.2) is 11.2 Å². The van der Waals surface area contributed by atoms with E-state index >= 15 is 0 Å². The SMILES string of the molecule is CCCCCCCCCCCCCC=C[C@@H](O)C(C)C. The Kier molecular flexibility index (Phi) is 14.9. The lowest BCUT2D eigenvalue weighted by atomic mass is 10.0. The molecular weight excluding hydrogens is 244 g/mol. The van der Waals surface area contributed by atoms with Gasteiger partial charge in [0, 0.05) is 0 Å². The molecule has 0 rings (SSSR count). The molecule has 0 aliphatic carbocycles. The van der Waals surface area contributed by atoms with Crippen molar-refractivity contribution in [1.82, 2.24) is 0 Å². The molecule has 20 heavy (non-hydrogen) atoms. The van der Waals surface area contributed by atoms with E-state index in [1.165, 1.54) is 70.6 Å². The van der Waals surface area contributed by atoms with Crippen LogP contribution >= 0.6 is 0 Å². The zero-order valence-corrected chi connectivity index (χ0v) is 14.2. The van der Waals surface area contributed by atoms with E-state index < -0.39 is 0 Å². The van der Waals surface area contributed by atoms with E-state index in [-0.39, 0.29) is 6.10 Å². The van der Waals surface area contributed by atoms with Crippen molar-refractivity contribution < 1.29 is 5.11 Å². The molecular formula is C19H38O. The zero-order chi connectivity index (χ0) is 15.1. The van der Waals surface area contributed by atoms with Crippen LogP contribution in [-0.2, 0) is 0 Å². The van der Waals surface area contributed by atoms with Crippen LogP contribution in [0, 0.1) is 5.92 Å². The van der Waals surface area contributed by atoms with Gasteiger partial charge in [0.2, 0.25) is 0 Å². The molecule has 0 aromatic rings. The largest absolute Gasteiger partial charge is 0.389 e. The van der Waals surface area contributed by atoms with Crippen molar-refractivity contribution in [3.05, 3.63) is 12.2 Å². The molecule has 0 radical (unpaired) electrons. The van der Waals surface area contributed by atoms with Gasteiger partial charge in [-0.1, -0.05) is 97.1 Å². The molecule has 120 valence electrons. The number of hydrogen-bond donors (Lipinski definition) is 1. The Bertz CT molecular complexity index is 208. The highest BCUT2D eigenvalue weighted by Gasteiger charge is 2.02. The Morgan fingerprint density at radius 2 is 1.20 bits per heavy atom. The van der Waals surface area contributed by atoms with Gasteiger partial charge in [-0.15, -0.1) is 0 Å². The van der Waals surface area contributed by atoms with Crippen LogP contribution in [0.5, 0.6) is 0 Å². The highest BCUT2D eigenvalue weighted by atomic mass is 16.3. The summed E-state index contributed by atoms with van der Waals surface area (Å²) >= 11 is 0. The maximum Gasteiger partial charge on any atom is 0.0743 e. The van der Waals surface area contributed by atoms with Gasteiger partial charge in [-0.25, -0.2) is 0 Å². The van der Waals surface area contributed by atoms with Gasteiger partial charge in [0.25, 0.3) is 0 Å². The monoisotopic (exact) mass is 282 g/mol. The summed E-state index contributed by atoms with van der Waals surface area (Å²) in [4.78, 5) is 0. The predicted molar refractivity (Wildman–Crippen MR) is 91.1 cm³/mol. The zero-order valence-electron chi connectivity index (χ0n) is 14.2. The molecule has 0 saturated carbocycles. The first-order chi connectivity index (χ1) is 9.68. The van der Waals surface area contributed by atoms with Crippen LogP contribution in [0.4, 0.5) is 0 Å². The minimum atomic E-state index is -0.261. The minimum absolute atomic E-state index is 0.261. The van der Waals surface area contributed by atoms with E-state index in [1.807, 2.05) is 6.08 Å². The average molecular weight is 283 g/mol. The van der Waals surface area contributed by atoms with E-state index in [0.29, 0.717) is 5.92 Å². The van der Waals surface area contributed by atoms with Crippen molar-refractivity contribution in [3.63, 3.8) is 0 Å². The smallest absolute Gasteiger partial charge is 0.0743 e. The second-order valence-corrected chi connectivity index (χ2v) is 6.49. The summed E-state index contributed by atoms with van der Waals surface area (Å²) in [6, 6.07) is 0. The number of hydrogen-bond acceptors (Lipinski definition) is 1. The number of aliphatic hydroxyl groups excluding tert-OH is 1. The molecule has 0 aliphatic heterocycles. The summed E-state index contributed by atoms with van der Waals surface area (Å²) in [7, 11) is 0. The average Bonchev–Trinajstić information content (AvgIpc) is 2.43. The summed E-state index contributed by atoms with van der Waals surface area (Å²) in [6.45, 7) is 6.38. The van der Waals surface area contributed by atoms with Gasteiger partial charge >= 0.3 is 0 Å². The molecule has 1 atom stereocenters. The quantitative estimate of drug-likeness (QED) is 0.294. The van der Waals surface area contributed by atoms with Gasteiger partial charge in [0.05, 0.1) is 6.10 Å². The highest BCUT2D eigenvalue weighted by molar-refractivity contribution is 4.89. The number of allylic oxidation sites excluding steroid dienone is 1. The summed E-state index contributed by atoms with van der Waals surface area (Å²) in [5.41, 5.74) is 0. The van der Waals surface area contributed by atoms with E-state index in [1.54, 1.807) is 0 Å². The molecule has 1 nitrogen and oxygen atoms in total. The standard InChI is InChI=1S/C19H38O/c1-4-5-6-7-8-9-10-11-12-13-14-15-16-17-19(20)18(2)3/h16-20H,4-15H2,1-3H3/t19-/m1/s1. The van der Waals surface area contributed by atoms with Crippen molar-refractivity contribution in [2.24, 2.45) is 5.92 Å². The van der Waals surface area contributed by atoms with Crippen LogP contribution < -0.4 is 0 Å². The van der Waals surface area contributed by atoms with Gasteiger partial charge in [0.1, 0.15) is 0 Å². The fourth-order valence-electron chi connectivity index (χ4n) is 2.38. The van der Waals surface area contributed by atoms with Crippen LogP contribution in [0.2, 0.25) is 0 Å². The summed E-state index contributed by atoms with van der Waals surface area (Å²) in [5.74, 6) is 0.337. The molecule has 0 heterocycles. The van der Waals surface area contributed by atoms with E-state index in [4.69, 9.17) is 0 Å². The lowest BCUT2D eigenvalue weighted by Gasteiger charge is -2.08. The van der Waals surface area contributed by atoms with Crippen molar-refractivity contribution in [2.75, 3.05) is 0 Å². The van der Waals surface area contributed by atoms with Gasteiger partial charge in [-0.05, 0) is 18.8 Å². The van der Waals surface area contributed by atoms with Crippen LogP contribution in [0.1, 0.15) is 97.8 Å². The normalized spacial score (nSPS) is 13.4. The minimum Gasteiger partial charge on any atom is -0.389 e. The molecule has 0 aliphatic rings. The second kappa shape index (κ2) is 15.1. The fourth-order valence-corrected chi connectivity index (χ4v) is 2.38. The molecule has 0 amide bonds. The first kappa shape index (κ1) is 19.7. The van der Waals surface area contributed by atoms with E-state index in [2.05, 4.69) is 26.8 Å². The maximum absolute atomic E-state index is 9.62. The van der Waals surface area contributed by atoms with E-state index in [0.717, 1.165) is 6.42 Å². The highest BCUT2D eigenvalue weighted by Crippen LogP contribution is 2.12. The van der Waals surface area contributed by atoms with Gasteiger partial charge in [0.15, 0.2) is 0 Å². The Morgan fingerprint density at radius 1 is 0.750 bits per heavy atom. The summed E-state index contributed by atoms with van der Waals surface area (Å²) in [5, 5.41) is 9.62. The van der Waals surface area contributed by atoms with Crippen LogP contribution in [0.25, 0.3) is 0 Å². The molecule has 0 unspecified atom stereocenters. The van der Waals surface area contributed by atoms with Crippen LogP contribution in [0.15, 0.2) is 12.2 Å². The number of aliphatic hydroxyl groups is 1. The van der Waals surface area contributed by atoms with Gasteiger partial charge < -0.3 is 5.11 Å². The van der Waals surface area contributed by atoms with Gasteiger partial charge in [-0.2, -0.15) is 0 Å². The Hall–Kier alpha value is -0.300. The second-order valence-electron chi connectivity index (χ2n) is 6.49. The van der Waals surface area contributed by atoms with Crippen LogP contribution in [0.3, 0.4) is 0 Å². The Morgan fingerprint density at radius 3 is 1.65 bits per heavy atom. The predicted octanol–water partition coefficient (Wildman–Crippen LogP) is 6.26. The van der Waals surface area contributed by atoms with Crippen molar-refractivity contribution >= 4 is 0 Å². The molecule has 0 aromatic heterocycles. The van der Waals surface area contributed by atoms with Crippen molar-refractivity contribution in [2.45, 2.75) is 104 Å². The molecule has 0 fully saturated rings. The first-order valence-corrected chi connectivity index (χ1v) is 9.03. The lowest BCUT2D eigenvalue weighted by molar-refractivity contribution is 0.172. The van der Waals surface area contributed by atoms with Gasteiger partial charge in [-0.3, -0.25) is 0 Å². The molecule has 1 N–H and O–H groups in total. The molecule has 0 saturated heterocycles. The number of rotatable bonds is 14. The van der Waals surface area contributed by atoms with E-state index in [9.17, 15) is 5.11 Å². The Labute approximate surface area is 127 Å². The summed E-state index contributed by atoms with van der Waals surface area (Å²) in [6.07, 6.45) is 20.3. The summed E-state index contributed by atoms with van der Waals surface area (Å²) < 4.78 is 0. The Balaban J connectivity index is 3.13. The fraction of sp³-hybridized carbons (Fsp3) is 0.895. The first-order valence-electron chi connectivity index (χ1n) is 9.03. The molecule has 0 spiro atoms. The van der Waals surface area contributed by atoms with Crippen molar-refractivity contribution in [1.29, 1.82) is 0 Å².